The quantitative estimate of drug-likeness (QED) is 0.185. The number of hydrogen-bond donors (Lipinski definition) is 1. The van der Waals surface area contributed by atoms with Crippen molar-refractivity contribution in [1.29, 1.82) is 0 Å². The number of carbonyl (C=O) groups is 1. The molecule has 0 saturated carbocycles. The third kappa shape index (κ3) is 11.1. The molecule has 1 N–H and O–H groups in total. The standard InChI is InChI=1S/C21H40ClNO/c1-5-7-8-9-10-11-12-13-14-15-17-19(4)20(21(24)23-22)18(3)16-6-2/h19H,5-17H2,1-4H3,(H,23,24). The molecular weight excluding hydrogens is 318 g/mol. The van der Waals surface area contributed by atoms with Gasteiger partial charge >= 0.3 is 0 Å². The molecule has 0 aromatic rings. The molecule has 0 aromatic carbocycles. The second-order valence-corrected chi connectivity index (χ2v) is 7.43. The smallest absolute Gasteiger partial charge is 0.261 e. The maximum Gasteiger partial charge on any atom is 0.261 e. The Hall–Kier alpha value is -0.500. The molecule has 1 amide bonds. The predicted octanol–water partition coefficient (Wildman–Crippen LogP) is 7.32. The van der Waals surface area contributed by atoms with Crippen molar-refractivity contribution in [2.24, 2.45) is 5.92 Å². The Morgan fingerprint density at radius 2 is 1.38 bits per heavy atom. The van der Waals surface area contributed by atoms with Crippen molar-refractivity contribution in [3.63, 3.8) is 0 Å². The SMILES string of the molecule is CCCCCCCCCCCCC(C)C(C(=O)NCl)=C(C)CCC. The van der Waals surface area contributed by atoms with E-state index in [0.717, 1.165) is 24.8 Å². The molecule has 0 aliphatic rings. The van der Waals surface area contributed by atoms with Crippen molar-refractivity contribution in [2.45, 2.75) is 111 Å². The van der Waals surface area contributed by atoms with Gasteiger partial charge in [-0.3, -0.25) is 9.63 Å². The number of halogens is 1. The number of amides is 1. The van der Waals surface area contributed by atoms with E-state index in [-0.39, 0.29) is 5.91 Å². The Bertz CT molecular complexity index is 352. The molecule has 3 heteroatoms. The number of carbonyl (C=O) groups excluding carboxylic acids is 1. The van der Waals surface area contributed by atoms with Gasteiger partial charge in [0.1, 0.15) is 0 Å². The van der Waals surface area contributed by atoms with Crippen LogP contribution >= 0.6 is 11.8 Å². The number of unbranched alkanes of at least 4 members (excludes halogenated alkanes) is 9. The molecule has 142 valence electrons. The highest BCUT2D eigenvalue weighted by atomic mass is 35.5. The molecule has 0 saturated heterocycles. The highest BCUT2D eigenvalue weighted by Gasteiger charge is 2.18. The zero-order valence-corrected chi connectivity index (χ0v) is 17.3. The molecule has 0 aliphatic heterocycles. The van der Waals surface area contributed by atoms with E-state index in [1.165, 1.54) is 69.8 Å². The van der Waals surface area contributed by atoms with E-state index in [2.05, 4.69) is 32.5 Å². The fourth-order valence-electron chi connectivity index (χ4n) is 3.48. The van der Waals surface area contributed by atoms with Crippen LogP contribution in [-0.2, 0) is 4.79 Å². The van der Waals surface area contributed by atoms with Gasteiger partial charge in [0.2, 0.25) is 0 Å². The van der Waals surface area contributed by atoms with E-state index in [9.17, 15) is 4.79 Å². The molecule has 0 heterocycles. The second-order valence-electron chi connectivity index (χ2n) is 7.24. The van der Waals surface area contributed by atoms with E-state index in [1.807, 2.05) is 0 Å². The lowest BCUT2D eigenvalue weighted by Crippen LogP contribution is -2.21. The average Bonchev–Trinajstić information content (AvgIpc) is 2.56. The maximum atomic E-state index is 12.1. The zero-order chi connectivity index (χ0) is 18.2. The molecule has 0 radical (unpaired) electrons. The maximum absolute atomic E-state index is 12.1. The van der Waals surface area contributed by atoms with Gasteiger partial charge in [0.15, 0.2) is 0 Å². The molecule has 0 aromatic heterocycles. The molecule has 1 unspecified atom stereocenters. The van der Waals surface area contributed by atoms with Crippen LogP contribution in [0.1, 0.15) is 111 Å². The van der Waals surface area contributed by atoms with Crippen molar-refractivity contribution in [3.05, 3.63) is 11.1 Å². The molecule has 0 rings (SSSR count). The minimum Gasteiger partial charge on any atom is -0.268 e. The third-order valence-electron chi connectivity index (χ3n) is 4.90. The minimum atomic E-state index is -0.109. The lowest BCUT2D eigenvalue weighted by molar-refractivity contribution is -0.116. The molecule has 1 atom stereocenters. The number of nitrogens with one attached hydrogen (secondary N) is 1. The molecule has 0 fully saturated rings. The Labute approximate surface area is 155 Å². The zero-order valence-electron chi connectivity index (χ0n) is 16.6. The molecule has 24 heavy (non-hydrogen) atoms. The molecular formula is C21H40ClNO. The predicted molar refractivity (Wildman–Crippen MR) is 107 cm³/mol. The van der Waals surface area contributed by atoms with E-state index in [0.29, 0.717) is 5.92 Å². The van der Waals surface area contributed by atoms with Crippen LogP contribution in [0.4, 0.5) is 0 Å². The van der Waals surface area contributed by atoms with Crippen molar-refractivity contribution >= 4 is 17.7 Å². The summed E-state index contributed by atoms with van der Waals surface area (Å²) < 4.78 is 0. The highest BCUT2D eigenvalue weighted by Crippen LogP contribution is 2.24. The summed E-state index contributed by atoms with van der Waals surface area (Å²) in [6.45, 7) is 8.64. The minimum absolute atomic E-state index is 0.109. The summed E-state index contributed by atoms with van der Waals surface area (Å²) in [5, 5.41) is 0. The summed E-state index contributed by atoms with van der Waals surface area (Å²) in [6.07, 6.45) is 16.6. The first-order valence-electron chi connectivity index (χ1n) is 10.2. The largest absolute Gasteiger partial charge is 0.268 e. The summed E-state index contributed by atoms with van der Waals surface area (Å²) >= 11 is 5.57. The second kappa shape index (κ2) is 16.0. The molecule has 0 spiro atoms. The van der Waals surface area contributed by atoms with Gasteiger partial charge in [0, 0.05) is 17.3 Å². The van der Waals surface area contributed by atoms with Crippen molar-refractivity contribution < 1.29 is 4.79 Å². The van der Waals surface area contributed by atoms with Gasteiger partial charge in [-0.15, -0.1) is 0 Å². The van der Waals surface area contributed by atoms with Gasteiger partial charge < -0.3 is 0 Å². The summed E-state index contributed by atoms with van der Waals surface area (Å²) in [5.41, 5.74) is 2.10. The summed E-state index contributed by atoms with van der Waals surface area (Å²) in [4.78, 5) is 14.4. The van der Waals surface area contributed by atoms with Crippen molar-refractivity contribution in [2.75, 3.05) is 0 Å². The first-order chi connectivity index (χ1) is 11.6. The molecule has 0 aliphatic carbocycles. The van der Waals surface area contributed by atoms with Crippen LogP contribution < -0.4 is 4.84 Å². The van der Waals surface area contributed by atoms with Gasteiger partial charge in [-0.25, -0.2) is 0 Å². The van der Waals surface area contributed by atoms with E-state index >= 15 is 0 Å². The van der Waals surface area contributed by atoms with Crippen LogP contribution in [0.25, 0.3) is 0 Å². The normalized spacial score (nSPS) is 13.5. The fraction of sp³-hybridized carbons (Fsp3) is 0.857. The highest BCUT2D eigenvalue weighted by molar-refractivity contribution is 6.24. The first-order valence-corrected chi connectivity index (χ1v) is 10.6. The van der Waals surface area contributed by atoms with Crippen LogP contribution in [0.15, 0.2) is 11.1 Å². The van der Waals surface area contributed by atoms with E-state index in [1.54, 1.807) is 0 Å². The van der Waals surface area contributed by atoms with Crippen LogP contribution in [0, 0.1) is 5.92 Å². The van der Waals surface area contributed by atoms with Crippen LogP contribution in [0.3, 0.4) is 0 Å². The van der Waals surface area contributed by atoms with Gasteiger partial charge in [-0.05, 0) is 25.7 Å². The Kier molecular flexibility index (Phi) is 15.7. The first kappa shape index (κ1) is 23.5. The molecule has 2 nitrogen and oxygen atoms in total. The van der Waals surface area contributed by atoms with E-state index in [4.69, 9.17) is 11.8 Å². The van der Waals surface area contributed by atoms with Gasteiger partial charge in [-0.1, -0.05) is 97.0 Å². The Balaban J connectivity index is 3.95. The van der Waals surface area contributed by atoms with Crippen molar-refractivity contribution in [3.8, 4) is 0 Å². The summed E-state index contributed by atoms with van der Waals surface area (Å²) in [5.74, 6) is 0.187. The monoisotopic (exact) mass is 357 g/mol. The number of rotatable bonds is 15. The number of hydrogen-bond acceptors (Lipinski definition) is 1. The average molecular weight is 358 g/mol. The van der Waals surface area contributed by atoms with Gasteiger partial charge in [-0.2, -0.15) is 0 Å². The topological polar surface area (TPSA) is 29.1 Å². The lowest BCUT2D eigenvalue weighted by atomic mass is 9.89. The number of allylic oxidation sites excluding steroid dienone is 1. The lowest BCUT2D eigenvalue weighted by Gasteiger charge is -2.17. The van der Waals surface area contributed by atoms with Gasteiger partial charge in [0.05, 0.1) is 0 Å². The molecule has 0 bridgehead atoms. The van der Waals surface area contributed by atoms with Crippen molar-refractivity contribution in [1.82, 2.24) is 4.84 Å². The summed E-state index contributed by atoms with van der Waals surface area (Å²) in [6, 6.07) is 0. The van der Waals surface area contributed by atoms with Gasteiger partial charge in [0.25, 0.3) is 5.91 Å². The van der Waals surface area contributed by atoms with Crippen LogP contribution in [-0.4, -0.2) is 5.91 Å². The Morgan fingerprint density at radius 1 is 0.875 bits per heavy atom. The van der Waals surface area contributed by atoms with Crippen LogP contribution in [0.2, 0.25) is 0 Å². The third-order valence-corrected chi connectivity index (χ3v) is 5.07. The summed E-state index contributed by atoms with van der Waals surface area (Å²) in [7, 11) is 0. The van der Waals surface area contributed by atoms with E-state index < -0.39 is 0 Å². The van der Waals surface area contributed by atoms with Crippen LogP contribution in [0.5, 0.6) is 0 Å². The Morgan fingerprint density at radius 3 is 1.83 bits per heavy atom. The fourth-order valence-corrected chi connectivity index (χ4v) is 3.58.